The lowest BCUT2D eigenvalue weighted by molar-refractivity contribution is -0.0578. The highest BCUT2D eigenvalue weighted by Crippen LogP contribution is 2.37. The van der Waals surface area contributed by atoms with E-state index in [1.165, 1.54) is 32.1 Å². The molecule has 0 spiro atoms. The van der Waals surface area contributed by atoms with Crippen LogP contribution in [0.15, 0.2) is 0 Å². The van der Waals surface area contributed by atoms with E-state index < -0.39 is 0 Å². The monoisotopic (exact) mass is 218 g/mol. The highest BCUT2D eigenvalue weighted by molar-refractivity contribution is 9.09. The third kappa shape index (κ3) is 1.62. The Bertz CT molecular complexity index is 138. The fourth-order valence-corrected chi connectivity index (χ4v) is 2.82. The quantitative estimate of drug-likeness (QED) is 0.616. The van der Waals surface area contributed by atoms with Gasteiger partial charge in [0.15, 0.2) is 0 Å². The molecule has 1 aliphatic carbocycles. The van der Waals surface area contributed by atoms with Crippen LogP contribution in [0.5, 0.6) is 0 Å². The summed E-state index contributed by atoms with van der Waals surface area (Å²) < 4.78 is 5.91. The first-order chi connectivity index (χ1) is 5.40. The van der Waals surface area contributed by atoms with Crippen LogP contribution in [0, 0.1) is 5.92 Å². The minimum Gasteiger partial charge on any atom is -0.374 e. The van der Waals surface area contributed by atoms with E-state index in [9.17, 15) is 0 Å². The average molecular weight is 219 g/mol. The molecular formula is C9H15BrO. The number of alkyl halides is 1. The third-order valence-corrected chi connectivity index (χ3v) is 3.71. The van der Waals surface area contributed by atoms with Gasteiger partial charge in [-0.3, -0.25) is 0 Å². The van der Waals surface area contributed by atoms with E-state index in [0.29, 0.717) is 12.2 Å². The van der Waals surface area contributed by atoms with Gasteiger partial charge in [-0.1, -0.05) is 22.4 Å². The molecule has 2 heteroatoms. The molecule has 0 aromatic rings. The summed E-state index contributed by atoms with van der Waals surface area (Å²) in [5.41, 5.74) is 0. The zero-order valence-electron chi connectivity index (χ0n) is 6.76. The number of ether oxygens (including phenoxy) is 1. The van der Waals surface area contributed by atoms with E-state index in [4.69, 9.17) is 4.74 Å². The topological polar surface area (TPSA) is 9.23 Å². The molecule has 3 unspecified atom stereocenters. The van der Waals surface area contributed by atoms with Crippen LogP contribution in [-0.4, -0.2) is 17.5 Å². The highest BCUT2D eigenvalue weighted by Gasteiger charge is 2.33. The van der Waals surface area contributed by atoms with Crippen molar-refractivity contribution in [2.75, 3.05) is 5.33 Å². The Morgan fingerprint density at radius 2 is 2.09 bits per heavy atom. The van der Waals surface area contributed by atoms with Crippen molar-refractivity contribution in [3.05, 3.63) is 0 Å². The Balaban J connectivity index is 1.91. The van der Waals surface area contributed by atoms with Crippen molar-refractivity contribution in [1.29, 1.82) is 0 Å². The molecule has 0 aromatic heterocycles. The molecule has 1 saturated heterocycles. The summed E-state index contributed by atoms with van der Waals surface area (Å²) in [6.45, 7) is 0. The SMILES string of the molecule is BrCC1CCC2CCCC2O1. The van der Waals surface area contributed by atoms with Gasteiger partial charge in [-0.05, 0) is 31.6 Å². The van der Waals surface area contributed by atoms with Gasteiger partial charge >= 0.3 is 0 Å². The van der Waals surface area contributed by atoms with E-state index in [2.05, 4.69) is 15.9 Å². The molecule has 0 aromatic carbocycles. The van der Waals surface area contributed by atoms with Crippen LogP contribution in [-0.2, 0) is 4.74 Å². The highest BCUT2D eigenvalue weighted by atomic mass is 79.9. The number of fused-ring (bicyclic) bond motifs is 1. The molecule has 11 heavy (non-hydrogen) atoms. The minimum absolute atomic E-state index is 0.509. The van der Waals surface area contributed by atoms with Crippen molar-refractivity contribution in [3.63, 3.8) is 0 Å². The van der Waals surface area contributed by atoms with Gasteiger partial charge in [0.25, 0.3) is 0 Å². The normalized spacial score (nSPS) is 43.9. The molecule has 1 heterocycles. The Morgan fingerprint density at radius 1 is 1.18 bits per heavy atom. The first-order valence-corrected chi connectivity index (χ1v) is 5.73. The van der Waals surface area contributed by atoms with E-state index in [0.717, 1.165) is 11.2 Å². The zero-order chi connectivity index (χ0) is 7.68. The lowest BCUT2D eigenvalue weighted by Gasteiger charge is -2.31. The summed E-state index contributed by atoms with van der Waals surface area (Å²) in [6.07, 6.45) is 7.92. The lowest BCUT2D eigenvalue weighted by Crippen LogP contribution is -2.32. The molecule has 64 valence electrons. The van der Waals surface area contributed by atoms with Crippen molar-refractivity contribution >= 4 is 15.9 Å². The van der Waals surface area contributed by atoms with Crippen LogP contribution in [0.2, 0.25) is 0 Å². The first-order valence-electron chi connectivity index (χ1n) is 4.61. The second-order valence-electron chi connectivity index (χ2n) is 3.72. The van der Waals surface area contributed by atoms with Gasteiger partial charge in [0.05, 0.1) is 12.2 Å². The Labute approximate surface area is 76.6 Å². The molecule has 0 N–H and O–H groups in total. The average Bonchev–Trinajstić information content (AvgIpc) is 2.50. The van der Waals surface area contributed by atoms with Crippen LogP contribution in [0.4, 0.5) is 0 Å². The van der Waals surface area contributed by atoms with Crippen molar-refractivity contribution in [3.8, 4) is 0 Å². The molecule has 1 nitrogen and oxygen atoms in total. The van der Waals surface area contributed by atoms with E-state index >= 15 is 0 Å². The Kier molecular flexibility index (Phi) is 2.52. The van der Waals surface area contributed by atoms with Gasteiger partial charge in [0, 0.05) is 5.33 Å². The summed E-state index contributed by atoms with van der Waals surface area (Å²) in [6, 6.07) is 0. The predicted molar refractivity (Wildman–Crippen MR) is 49.0 cm³/mol. The standard InChI is InChI=1S/C9H15BrO/c10-6-8-5-4-7-2-1-3-9(7)11-8/h7-9H,1-6H2. The van der Waals surface area contributed by atoms with Gasteiger partial charge < -0.3 is 4.74 Å². The third-order valence-electron chi connectivity index (χ3n) is 2.99. The Morgan fingerprint density at radius 3 is 2.91 bits per heavy atom. The van der Waals surface area contributed by atoms with E-state index in [1.807, 2.05) is 0 Å². The number of halogens is 1. The molecule has 1 saturated carbocycles. The van der Waals surface area contributed by atoms with Crippen molar-refractivity contribution in [2.45, 2.75) is 44.3 Å². The van der Waals surface area contributed by atoms with Gasteiger partial charge in [-0.25, -0.2) is 0 Å². The second-order valence-corrected chi connectivity index (χ2v) is 4.37. The van der Waals surface area contributed by atoms with Gasteiger partial charge in [0.2, 0.25) is 0 Å². The van der Waals surface area contributed by atoms with Crippen molar-refractivity contribution < 1.29 is 4.74 Å². The summed E-state index contributed by atoms with van der Waals surface area (Å²) in [4.78, 5) is 0. The molecule has 0 bridgehead atoms. The molecule has 3 atom stereocenters. The second kappa shape index (κ2) is 3.44. The van der Waals surface area contributed by atoms with Gasteiger partial charge in [-0.15, -0.1) is 0 Å². The molecule has 0 radical (unpaired) electrons. The van der Waals surface area contributed by atoms with Gasteiger partial charge in [-0.2, -0.15) is 0 Å². The smallest absolute Gasteiger partial charge is 0.0675 e. The number of hydrogen-bond donors (Lipinski definition) is 0. The number of rotatable bonds is 1. The molecule has 1 aliphatic heterocycles. The summed E-state index contributed by atoms with van der Waals surface area (Å²) in [5.74, 6) is 0.908. The van der Waals surface area contributed by atoms with Crippen LogP contribution in [0.1, 0.15) is 32.1 Å². The predicted octanol–water partition coefficient (Wildman–Crippen LogP) is 2.73. The summed E-state index contributed by atoms with van der Waals surface area (Å²) in [5, 5.41) is 1.02. The van der Waals surface area contributed by atoms with Crippen LogP contribution < -0.4 is 0 Å². The zero-order valence-corrected chi connectivity index (χ0v) is 8.35. The fourth-order valence-electron chi connectivity index (χ4n) is 2.34. The molecule has 2 aliphatic rings. The summed E-state index contributed by atoms with van der Waals surface area (Å²) in [7, 11) is 0. The fraction of sp³-hybridized carbons (Fsp3) is 1.00. The molecule has 2 fully saturated rings. The van der Waals surface area contributed by atoms with Crippen LogP contribution >= 0.6 is 15.9 Å². The summed E-state index contributed by atoms with van der Waals surface area (Å²) >= 11 is 3.48. The Hall–Kier alpha value is 0.440. The van der Waals surface area contributed by atoms with Gasteiger partial charge in [0.1, 0.15) is 0 Å². The molecular weight excluding hydrogens is 204 g/mol. The largest absolute Gasteiger partial charge is 0.374 e. The van der Waals surface area contributed by atoms with Crippen LogP contribution in [0.3, 0.4) is 0 Å². The lowest BCUT2D eigenvalue weighted by atomic mass is 9.95. The maximum atomic E-state index is 5.91. The maximum Gasteiger partial charge on any atom is 0.0675 e. The number of hydrogen-bond acceptors (Lipinski definition) is 1. The maximum absolute atomic E-state index is 5.91. The van der Waals surface area contributed by atoms with Crippen molar-refractivity contribution in [1.82, 2.24) is 0 Å². The molecule has 2 rings (SSSR count). The minimum atomic E-state index is 0.509. The van der Waals surface area contributed by atoms with E-state index in [1.54, 1.807) is 0 Å². The van der Waals surface area contributed by atoms with Crippen LogP contribution in [0.25, 0.3) is 0 Å². The van der Waals surface area contributed by atoms with Crippen molar-refractivity contribution in [2.24, 2.45) is 5.92 Å². The van der Waals surface area contributed by atoms with E-state index in [-0.39, 0.29) is 0 Å². The first kappa shape index (κ1) is 8.06. The molecule has 0 amide bonds.